The second-order valence-electron chi connectivity index (χ2n) is 9.95. The molecule has 2 aromatic rings. The minimum absolute atomic E-state index is 0.0372. The van der Waals surface area contributed by atoms with Crippen LogP contribution in [0.3, 0.4) is 0 Å². The molecule has 3 atom stereocenters. The predicted octanol–water partition coefficient (Wildman–Crippen LogP) is 3.96. The lowest BCUT2D eigenvalue weighted by Crippen LogP contribution is -3.14. The van der Waals surface area contributed by atoms with Gasteiger partial charge < -0.3 is 14.7 Å². The molecule has 4 rings (SSSR count). The fourth-order valence-electron chi connectivity index (χ4n) is 5.91. The summed E-state index contributed by atoms with van der Waals surface area (Å²) in [6, 6.07) is 20.4. The predicted molar refractivity (Wildman–Crippen MR) is 122 cm³/mol. The second kappa shape index (κ2) is 8.82. The minimum Gasteiger partial charge on any atom is -0.380 e. The van der Waals surface area contributed by atoms with Gasteiger partial charge in [-0.1, -0.05) is 67.6 Å². The van der Waals surface area contributed by atoms with Crippen LogP contribution in [-0.4, -0.2) is 36.9 Å². The lowest BCUT2D eigenvalue weighted by Gasteiger charge is -2.49. The van der Waals surface area contributed by atoms with E-state index in [4.69, 9.17) is 4.74 Å². The quantitative estimate of drug-likeness (QED) is 0.759. The van der Waals surface area contributed by atoms with Gasteiger partial charge in [0.2, 0.25) is 0 Å². The van der Waals surface area contributed by atoms with Crippen molar-refractivity contribution in [2.24, 2.45) is 5.41 Å². The maximum absolute atomic E-state index is 11.9. The standard InChI is InChI=1S/C27H37NO2/c1-3-25(2)21-26(17-20-30-25)15-10-18-28(22-26)19-16-27(29,23-11-6-4-7-12-23)24-13-8-5-9-14-24/h4-9,11-14,29H,3,10,15-22H2,1-2H3/p+1/t25-,26-/m1/s1. The Labute approximate surface area is 182 Å². The van der Waals surface area contributed by atoms with Gasteiger partial charge in [-0.2, -0.15) is 0 Å². The molecule has 162 valence electrons. The van der Waals surface area contributed by atoms with E-state index in [1.54, 1.807) is 4.90 Å². The highest BCUT2D eigenvalue weighted by Gasteiger charge is 2.46. The smallest absolute Gasteiger partial charge is 0.120 e. The van der Waals surface area contributed by atoms with Crippen molar-refractivity contribution in [2.75, 3.05) is 26.2 Å². The van der Waals surface area contributed by atoms with Gasteiger partial charge in [0.1, 0.15) is 5.60 Å². The number of hydrogen-bond acceptors (Lipinski definition) is 2. The molecule has 2 aromatic carbocycles. The molecule has 2 N–H and O–H groups in total. The van der Waals surface area contributed by atoms with E-state index < -0.39 is 5.60 Å². The minimum atomic E-state index is -0.937. The number of hydrogen-bond donors (Lipinski definition) is 2. The van der Waals surface area contributed by atoms with Gasteiger partial charge in [-0.05, 0) is 50.2 Å². The van der Waals surface area contributed by atoms with E-state index in [1.807, 2.05) is 36.4 Å². The fraction of sp³-hybridized carbons (Fsp3) is 0.556. The van der Waals surface area contributed by atoms with Crippen LogP contribution in [0.25, 0.3) is 0 Å². The van der Waals surface area contributed by atoms with E-state index in [2.05, 4.69) is 38.1 Å². The number of piperidine rings is 1. The summed E-state index contributed by atoms with van der Waals surface area (Å²) in [6.45, 7) is 8.87. The first kappa shape index (κ1) is 21.5. The third kappa shape index (κ3) is 4.49. The van der Waals surface area contributed by atoms with Crippen LogP contribution in [0.1, 0.15) is 63.5 Å². The van der Waals surface area contributed by atoms with Crippen molar-refractivity contribution in [1.82, 2.24) is 0 Å². The first-order valence-corrected chi connectivity index (χ1v) is 11.8. The molecule has 0 aromatic heterocycles. The van der Waals surface area contributed by atoms with E-state index in [1.165, 1.54) is 38.8 Å². The SMILES string of the molecule is CC[C@]1(C)C[C@@]2(CCC[NH+](CCC(O)(c3ccccc3)c3ccccc3)C2)CCO1. The average molecular weight is 409 g/mol. The van der Waals surface area contributed by atoms with Crippen LogP contribution in [0.15, 0.2) is 60.7 Å². The molecule has 0 aliphatic carbocycles. The monoisotopic (exact) mass is 408 g/mol. The van der Waals surface area contributed by atoms with Crippen molar-refractivity contribution < 1.29 is 14.7 Å². The van der Waals surface area contributed by atoms with Crippen LogP contribution >= 0.6 is 0 Å². The maximum Gasteiger partial charge on any atom is 0.120 e. The Morgan fingerprint density at radius 2 is 1.63 bits per heavy atom. The molecule has 2 aliphatic heterocycles. The molecule has 0 bridgehead atoms. The molecule has 2 fully saturated rings. The third-order valence-electron chi connectivity index (χ3n) is 7.79. The summed E-state index contributed by atoms with van der Waals surface area (Å²) in [5.74, 6) is 0. The summed E-state index contributed by atoms with van der Waals surface area (Å²) >= 11 is 0. The summed E-state index contributed by atoms with van der Waals surface area (Å²) in [7, 11) is 0. The van der Waals surface area contributed by atoms with E-state index in [0.717, 1.165) is 37.1 Å². The zero-order chi connectivity index (χ0) is 21.1. The highest BCUT2D eigenvalue weighted by Crippen LogP contribution is 2.43. The number of ether oxygens (including phenoxy) is 1. The zero-order valence-electron chi connectivity index (χ0n) is 18.7. The van der Waals surface area contributed by atoms with Crippen molar-refractivity contribution >= 4 is 0 Å². The molecular formula is C27H38NO2+. The van der Waals surface area contributed by atoms with Crippen LogP contribution in [0, 0.1) is 5.41 Å². The Hall–Kier alpha value is -1.68. The van der Waals surface area contributed by atoms with Gasteiger partial charge in [-0.25, -0.2) is 0 Å². The molecule has 3 nitrogen and oxygen atoms in total. The average Bonchev–Trinajstić information content (AvgIpc) is 2.79. The number of benzene rings is 2. The zero-order valence-corrected chi connectivity index (χ0v) is 18.7. The highest BCUT2D eigenvalue weighted by atomic mass is 16.5. The molecule has 2 saturated heterocycles. The van der Waals surface area contributed by atoms with Crippen LogP contribution < -0.4 is 4.90 Å². The Kier molecular flexibility index (Phi) is 6.34. The second-order valence-corrected chi connectivity index (χ2v) is 9.95. The topological polar surface area (TPSA) is 33.9 Å². The van der Waals surface area contributed by atoms with Gasteiger partial charge in [0.25, 0.3) is 0 Å². The Balaban J connectivity index is 1.50. The van der Waals surface area contributed by atoms with Gasteiger partial charge in [-0.15, -0.1) is 0 Å². The van der Waals surface area contributed by atoms with Crippen LogP contribution in [0.4, 0.5) is 0 Å². The molecule has 2 aliphatic rings. The Morgan fingerprint density at radius 3 is 2.23 bits per heavy atom. The van der Waals surface area contributed by atoms with Crippen molar-refractivity contribution in [3.63, 3.8) is 0 Å². The van der Waals surface area contributed by atoms with Gasteiger partial charge in [0.15, 0.2) is 0 Å². The number of quaternary nitrogens is 1. The molecule has 1 spiro atoms. The van der Waals surface area contributed by atoms with Gasteiger partial charge >= 0.3 is 0 Å². The molecular weight excluding hydrogens is 370 g/mol. The molecule has 1 unspecified atom stereocenters. The first-order chi connectivity index (χ1) is 14.5. The fourth-order valence-corrected chi connectivity index (χ4v) is 5.91. The molecule has 30 heavy (non-hydrogen) atoms. The number of rotatable bonds is 6. The van der Waals surface area contributed by atoms with Crippen LogP contribution in [-0.2, 0) is 10.3 Å². The summed E-state index contributed by atoms with van der Waals surface area (Å²) in [5.41, 5.74) is 1.50. The van der Waals surface area contributed by atoms with Crippen molar-refractivity contribution in [1.29, 1.82) is 0 Å². The molecule has 3 heteroatoms. The molecule has 0 amide bonds. The number of aliphatic hydroxyl groups is 1. The Bertz CT molecular complexity index is 765. The summed E-state index contributed by atoms with van der Waals surface area (Å²) in [5, 5.41) is 11.9. The van der Waals surface area contributed by atoms with E-state index in [0.29, 0.717) is 5.41 Å². The lowest BCUT2D eigenvalue weighted by atomic mass is 9.68. The summed E-state index contributed by atoms with van der Waals surface area (Å²) < 4.78 is 6.16. The van der Waals surface area contributed by atoms with E-state index in [9.17, 15) is 5.11 Å². The van der Waals surface area contributed by atoms with Crippen molar-refractivity contribution in [3.05, 3.63) is 71.8 Å². The number of likely N-dealkylation sites (tertiary alicyclic amines) is 1. The van der Waals surface area contributed by atoms with Gasteiger partial charge in [-0.3, -0.25) is 0 Å². The third-order valence-corrected chi connectivity index (χ3v) is 7.79. The Morgan fingerprint density at radius 1 is 1.00 bits per heavy atom. The summed E-state index contributed by atoms with van der Waals surface area (Å²) in [6.07, 6.45) is 6.82. The highest BCUT2D eigenvalue weighted by molar-refractivity contribution is 5.35. The lowest BCUT2D eigenvalue weighted by molar-refractivity contribution is -0.914. The number of nitrogens with one attached hydrogen (secondary N) is 1. The van der Waals surface area contributed by atoms with Gasteiger partial charge in [0.05, 0.1) is 25.2 Å². The summed E-state index contributed by atoms with van der Waals surface area (Å²) in [4.78, 5) is 1.65. The van der Waals surface area contributed by atoms with E-state index in [-0.39, 0.29) is 5.60 Å². The van der Waals surface area contributed by atoms with E-state index >= 15 is 0 Å². The van der Waals surface area contributed by atoms with Crippen molar-refractivity contribution in [2.45, 2.75) is 63.6 Å². The van der Waals surface area contributed by atoms with Crippen molar-refractivity contribution in [3.8, 4) is 0 Å². The van der Waals surface area contributed by atoms with Crippen LogP contribution in [0.5, 0.6) is 0 Å². The molecule has 0 radical (unpaired) electrons. The normalized spacial score (nSPS) is 29.8. The van der Waals surface area contributed by atoms with Crippen LogP contribution in [0.2, 0.25) is 0 Å². The largest absolute Gasteiger partial charge is 0.380 e. The first-order valence-electron chi connectivity index (χ1n) is 11.8. The molecule has 0 saturated carbocycles. The molecule has 2 heterocycles. The van der Waals surface area contributed by atoms with Gasteiger partial charge in [0, 0.05) is 18.4 Å². The maximum atomic E-state index is 11.9.